The lowest BCUT2D eigenvalue weighted by molar-refractivity contribution is -0.137. The van der Waals surface area contributed by atoms with Crippen molar-refractivity contribution >= 4 is 17.2 Å². The average Bonchev–Trinajstić information content (AvgIpc) is 3.47. The maximum absolute atomic E-state index is 12.8. The standard InChI is InChI=1S/C23H20F3N5O2S/c1-13(2)19(21-30-20(31-33-21)14-7-9-27-10-8-14)29-18(32)11-17-12-34-22(28-17)15-3-5-16(6-4-15)23(24,25)26/h3-10,12-13,19H,11H2,1-2H3,(H,29,32). The van der Waals surface area contributed by atoms with Gasteiger partial charge in [-0.15, -0.1) is 11.3 Å². The highest BCUT2D eigenvalue weighted by Crippen LogP contribution is 2.32. The molecular formula is C23H20F3N5O2S. The quantitative estimate of drug-likeness (QED) is 0.379. The number of alkyl halides is 3. The van der Waals surface area contributed by atoms with Gasteiger partial charge < -0.3 is 9.84 Å². The fourth-order valence-electron chi connectivity index (χ4n) is 3.20. The fourth-order valence-corrected chi connectivity index (χ4v) is 4.03. The Labute approximate surface area is 197 Å². The predicted molar refractivity (Wildman–Crippen MR) is 120 cm³/mol. The molecule has 176 valence electrons. The predicted octanol–water partition coefficient (Wildman–Crippen LogP) is 5.33. The van der Waals surface area contributed by atoms with Crippen LogP contribution < -0.4 is 5.32 Å². The summed E-state index contributed by atoms with van der Waals surface area (Å²) >= 11 is 1.26. The second-order valence-corrected chi connectivity index (χ2v) is 8.74. The Morgan fingerprint density at radius 2 is 1.76 bits per heavy atom. The molecule has 1 aromatic carbocycles. The van der Waals surface area contributed by atoms with Gasteiger partial charge in [-0.25, -0.2) is 4.98 Å². The third-order valence-electron chi connectivity index (χ3n) is 4.98. The first kappa shape index (κ1) is 23.6. The summed E-state index contributed by atoms with van der Waals surface area (Å²) in [6.07, 6.45) is -1.14. The second kappa shape index (κ2) is 9.72. The summed E-state index contributed by atoms with van der Waals surface area (Å²) in [5, 5.41) is 9.16. The zero-order valence-electron chi connectivity index (χ0n) is 18.2. The van der Waals surface area contributed by atoms with Crippen molar-refractivity contribution in [3.8, 4) is 22.0 Å². The number of nitrogens with one attached hydrogen (secondary N) is 1. The van der Waals surface area contributed by atoms with Crippen molar-refractivity contribution < 1.29 is 22.5 Å². The maximum atomic E-state index is 12.8. The zero-order chi connectivity index (χ0) is 24.3. The Kier molecular flexibility index (Phi) is 6.73. The van der Waals surface area contributed by atoms with Crippen LogP contribution in [-0.4, -0.2) is 26.0 Å². The molecule has 0 aliphatic heterocycles. The van der Waals surface area contributed by atoms with E-state index < -0.39 is 17.8 Å². The molecule has 0 aliphatic carbocycles. The third kappa shape index (κ3) is 5.48. The Balaban J connectivity index is 1.42. The monoisotopic (exact) mass is 487 g/mol. The first-order valence-electron chi connectivity index (χ1n) is 10.4. The molecule has 4 aromatic rings. The van der Waals surface area contributed by atoms with Gasteiger partial charge in [0.15, 0.2) is 0 Å². The molecule has 3 aromatic heterocycles. The minimum atomic E-state index is -4.39. The van der Waals surface area contributed by atoms with Gasteiger partial charge >= 0.3 is 6.18 Å². The number of hydrogen-bond donors (Lipinski definition) is 1. The SMILES string of the molecule is CC(C)C(NC(=O)Cc1csc(-c2ccc(C(F)(F)F)cc2)n1)c1nc(-c2ccncc2)no1. The number of thiazole rings is 1. The number of pyridine rings is 1. The third-order valence-corrected chi connectivity index (χ3v) is 5.92. The summed E-state index contributed by atoms with van der Waals surface area (Å²) in [6.45, 7) is 3.85. The fraction of sp³-hybridized carbons (Fsp3) is 0.261. The minimum absolute atomic E-state index is 0.00566. The largest absolute Gasteiger partial charge is 0.416 e. The first-order valence-corrected chi connectivity index (χ1v) is 11.2. The Bertz CT molecular complexity index is 1250. The van der Waals surface area contributed by atoms with Gasteiger partial charge in [-0.2, -0.15) is 18.2 Å². The van der Waals surface area contributed by atoms with Gasteiger partial charge in [-0.3, -0.25) is 9.78 Å². The lowest BCUT2D eigenvalue weighted by Crippen LogP contribution is -2.33. The van der Waals surface area contributed by atoms with Crippen molar-refractivity contribution in [3.63, 3.8) is 0 Å². The molecule has 0 saturated heterocycles. The van der Waals surface area contributed by atoms with Crippen LogP contribution in [0, 0.1) is 5.92 Å². The molecule has 1 amide bonds. The Hall–Kier alpha value is -3.60. The summed E-state index contributed by atoms with van der Waals surface area (Å²) in [5.74, 6) is 0.385. The van der Waals surface area contributed by atoms with E-state index >= 15 is 0 Å². The van der Waals surface area contributed by atoms with Crippen LogP contribution in [0.3, 0.4) is 0 Å². The van der Waals surface area contributed by atoms with Crippen molar-refractivity contribution in [1.82, 2.24) is 25.4 Å². The highest BCUT2D eigenvalue weighted by atomic mass is 32.1. The highest BCUT2D eigenvalue weighted by molar-refractivity contribution is 7.13. The number of benzene rings is 1. The van der Waals surface area contributed by atoms with Crippen LogP contribution in [0.1, 0.15) is 37.0 Å². The van der Waals surface area contributed by atoms with E-state index in [-0.39, 0.29) is 18.2 Å². The highest BCUT2D eigenvalue weighted by Gasteiger charge is 2.30. The topological polar surface area (TPSA) is 93.8 Å². The van der Waals surface area contributed by atoms with Gasteiger partial charge in [0.25, 0.3) is 0 Å². The van der Waals surface area contributed by atoms with E-state index in [1.165, 1.54) is 23.5 Å². The normalized spacial score (nSPS) is 12.6. The number of aromatic nitrogens is 4. The summed E-state index contributed by atoms with van der Waals surface area (Å²) in [6, 6.07) is 7.79. The van der Waals surface area contributed by atoms with Gasteiger partial charge in [-0.1, -0.05) is 31.1 Å². The van der Waals surface area contributed by atoms with Gasteiger partial charge in [-0.05, 0) is 30.2 Å². The number of carbonyl (C=O) groups is 1. The second-order valence-electron chi connectivity index (χ2n) is 7.88. The molecule has 11 heteroatoms. The minimum Gasteiger partial charge on any atom is -0.344 e. The summed E-state index contributed by atoms with van der Waals surface area (Å²) < 4.78 is 43.7. The molecule has 34 heavy (non-hydrogen) atoms. The lowest BCUT2D eigenvalue weighted by atomic mass is 10.0. The first-order chi connectivity index (χ1) is 16.2. The number of halogens is 3. The van der Waals surface area contributed by atoms with E-state index in [2.05, 4.69) is 25.4 Å². The Morgan fingerprint density at radius 3 is 2.41 bits per heavy atom. The van der Waals surface area contributed by atoms with Gasteiger partial charge in [0.05, 0.1) is 17.7 Å². The molecule has 4 rings (SSSR count). The smallest absolute Gasteiger partial charge is 0.344 e. The van der Waals surface area contributed by atoms with Crippen LogP contribution in [0.25, 0.3) is 22.0 Å². The molecule has 1 N–H and O–H groups in total. The lowest BCUT2D eigenvalue weighted by Gasteiger charge is -2.18. The van der Waals surface area contributed by atoms with Crippen molar-refractivity contribution in [2.24, 2.45) is 5.92 Å². The van der Waals surface area contributed by atoms with Crippen LogP contribution in [-0.2, 0) is 17.4 Å². The van der Waals surface area contributed by atoms with Crippen LogP contribution in [0.2, 0.25) is 0 Å². The Morgan fingerprint density at radius 1 is 1.06 bits per heavy atom. The molecule has 1 unspecified atom stereocenters. The van der Waals surface area contributed by atoms with Crippen molar-refractivity contribution in [2.75, 3.05) is 0 Å². The average molecular weight is 488 g/mol. The summed E-state index contributed by atoms with van der Waals surface area (Å²) in [5.41, 5.74) is 1.10. The molecule has 1 atom stereocenters. The van der Waals surface area contributed by atoms with E-state index in [4.69, 9.17) is 4.52 Å². The van der Waals surface area contributed by atoms with E-state index in [0.29, 0.717) is 28.0 Å². The van der Waals surface area contributed by atoms with E-state index in [9.17, 15) is 18.0 Å². The van der Waals surface area contributed by atoms with E-state index in [1.54, 1.807) is 29.9 Å². The molecule has 7 nitrogen and oxygen atoms in total. The van der Waals surface area contributed by atoms with Crippen LogP contribution >= 0.6 is 11.3 Å². The van der Waals surface area contributed by atoms with Crippen LogP contribution in [0.15, 0.2) is 58.7 Å². The van der Waals surface area contributed by atoms with E-state index in [1.807, 2.05) is 13.8 Å². The molecule has 0 bridgehead atoms. The molecular weight excluding hydrogens is 467 g/mol. The van der Waals surface area contributed by atoms with Gasteiger partial charge in [0.1, 0.15) is 11.0 Å². The van der Waals surface area contributed by atoms with Crippen molar-refractivity contribution in [1.29, 1.82) is 0 Å². The molecule has 3 heterocycles. The van der Waals surface area contributed by atoms with Crippen molar-refractivity contribution in [3.05, 3.63) is 71.3 Å². The van der Waals surface area contributed by atoms with Gasteiger partial charge in [0, 0.05) is 28.9 Å². The number of rotatable bonds is 7. The number of hydrogen-bond acceptors (Lipinski definition) is 7. The number of nitrogens with zero attached hydrogens (tertiary/aromatic N) is 4. The van der Waals surface area contributed by atoms with E-state index in [0.717, 1.165) is 17.7 Å². The summed E-state index contributed by atoms with van der Waals surface area (Å²) in [7, 11) is 0. The molecule has 0 aliphatic rings. The molecule has 0 spiro atoms. The molecule has 0 fully saturated rings. The van der Waals surface area contributed by atoms with Crippen LogP contribution in [0.4, 0.5) is 13.2 Å². The number of amides is 1. The number of carbonyl (C=O) groups excluding carboxylic acids is 1. The van der Waals surface area contributed by atoms with Crippen LogP contribution in [0.5, 0.6) is 0 Å². The molecule has 0 radical (unpaired) electrons. The van der Waals surface area contributed by atoms with Gasteiger partial charge in [0.2, 0.25) is 17.6 Å². The zero-order valence-corrected chi connectivity index (χ0v) is 19.0. The van der Waals surface area contributed by atoms with Crippen molar-refractivity contribution in [2.45, 2.75) is 32.5 Å². The summed E-state index contributed by atoms with van der Waals surface area (Å²) in [4.78, 5) is 25.5. The maximum Gasteiger partial charge on any atom is 0.416 e. The molecule has 0 saturated carbocycles.